The molecule has 0 spiro atoms. The zero-order valence-electron chi connectivity index (χ0n) is 5.19. The molecule has 1 aliphatic carbocycles. The van der Waals surface area contributed by atoms with Gasteiger partial charge in [0.1, 0.15) is 0 Å². The van der Waals surface area contributed by atoms with Gasteiger partial charge in [0, 0.05) is 12.0 Å². The minimum atomic E-state index is 0.0712. The van der Waals surface area contributed by atoms with Crippen molar-refractivity contribution in [1.82, 2.24) is 0 Å². The number of carbonyl (C=O) groups is 1. The van der Waals surface area contributed by atoms with Gasteiger partial charge in [0.2, 0.25) is 0 Å². The van der Waals surface area contributed by atoms with Crippen LogP contribution in [0.3, 0.4) is 0 Å². The molecule has 0 aliphatic heterocycles. The molecule has 0 bridgehead atoms. The van der Waals surface area contributed by atoms with E-state index < -0.39 is 0 Å². The number of hydrogen-bond acceptors (Lipinski definition) is 2. The average Bonchev–Trinajstić information content (AvgIpc) is 2.35. The number of fused-ring (bicyclic) bond motifs is 1. The minimum Gasteiger partial charge on any atom is -0.441 e. The Bertz CT molecular complexity index is 288. The number of halogens is 1. The molecule has 1 aromatic heterocycles. The van der Waals surface area contributed by atoms with E-state index in [2.05, 4.69) is 0 Å². The molecule has 1 aliphatic rings. The van der Waals surface area contributed by atoms with Crippen LogP contribution < -0.4 is 0 Å². The maximum Gasteiger partial charge on any atom is 0.198 e. The average molecular weight is 157 g/mol. The molecule has 10 heavy (non-hydrogen) atoms. The molecule has 0 saturated heterocycles. The summed E-state index contributed by atoms with van der Waals surface area (Å²) in [7, 11) is 0. The first-order chi connectivity index (χ1) is 4.77. The Morgan fingerprint density at radius 2 is 2.30 bits per heavy atom. The van der Waals surface area contributed by atoms with Crippen molar-refractivity contribution in [3.8, 4) is 0 Å². The Kier molecular flexibility index (Phi) is 1.11. The molecule has 3 heteroatoms. The summed E-state index contributed by atoms with van der Waals surface area (Å²) < 4.78 is 4.95. The Labute approximate surface area is 62.8 Å². The van der Waals surface area contributed by atoms with E-state index in [4.69, 9.17) is 16.0 Å². The van der Waals surface area contributed by atoms with Crippen molar-refractivity contribution in [3.05, 3.63) is 22.6 Å². The lowest BCUT2D eigenvalue weighted by Crippen LogP contribution is -1.86. The maximum absolute atomic E-state index is 10.9. The lowest BCUT2D eigenvalue weighted by molar-refractivity contribution is 0.0970. The van der Waals surface area contributed by atoms with Crippen molar-refractivity contribution in [3.63, 3.8) is 0 Å². The van der Waals surface area contributed by atoms with Gasteiger partial charge in [0.25, 0.3) is 0 Å². The van der Waals surface area contributed by atoms with E-state index >= 15 is 0 Å². The molecule has 0 radical (unpaired) electrons. The van der Waals surface area contributed by atoms with Gasteiger partial charge in [-0.25, -0.2) is 0 Å². The highest BCUT2D eigenvalue weighted by Gasteiger charge is 2.23. The van der Waals surface area contributed by atoms with Crippen LogP contribution in [0.2, 0.25) is 5.22 Å². The number of Topliss-reactive ketones (excluding diaryl/α,β-unsaturated/α-hetero) is 1. The molecule has 0 atom stereocenters. The second-order valence-corrected chi connectivity index (χ2v) is 2.70. The molecule has 52 valence electrons. The summed E-state index contributed by atoms with van der Waals surface area (Å²) in [5, 5.41) is 0.318. The Morgan fingerprint density at radius 1 is 1.50 bits per heavy atom. The van der Waals surface area contributed by atoms with Crippen LogP contribution in [0.1, 0.15) is 22.5 Å². The van der Waals surface area contributed by atoms with Crippen LogP contribution in [0.4, 0.5) is 0 Å². The SMILES string of the molecule is O=C1CCc2cc(Cl)oc21. The van der Waals surface area contributed by atoms with E-state index in [1.54, 1.807) is 6.07 Å². The van der Waals surface area contributed by atoms with Crippen LogP contribution in [0.5, 0.6) is 0 Å². The van der Waals surface area contributed by atoms with Crippen LogP contribution in [0.25, 0.3) is 0 Å². The van der Waals surface area contributed by atoms with Crippen LogP contribution in [-0.4, -0.2) is 5.78 Å². The van der Waals surface area contributed by atoms with E-state index in [-0.39, 0.29) is 5.78 Å². The quantitative estimate of drug-likeness (QED) is 0.576. The Morgan fingerprint density at radius 3 is 3.00 bits per heavy atom. The summed E-state index contributed by atoms with van der Waals surface area (Å²) in [5.74, 6) is 0.534. The van der Waals surface area contributed by atoms with Crippen molar-refractivity contribution < 1.29 is 9.21 Å². The number of ketones is 1. The summed E-state index contributed by atoms with van der Waals surface area (Å²) in [4.78, 5) is 10.9. The van der Waals surface area contributed by atoms with Crippen molar-refractivity contribution in [1.29, 1.82) is 0 Å². The maximum atomic E-state index is 10.9. The highest BCUT2D eigenvalue weighted by atomic mass is 35.5. The lowest BCUT2D eigenvalue weighted by Gasteiger charge is -1.82. The second kappa shape index (κ2) is 1.86. The highest BCUT2D eigenvalue weighted by molar-refractivity contribution is 6.29. The molecule has 0 unspecified atom stereocenters. The Hall–Kier alpha value is -0.760. The van der Waals surface area contributed by atoms with E-state index in [9.17, 15) is 4.79 Å². The summed E-state index contributed by atoms with van der Waals surface area (Å²) in [6, 6.07) is 1.71. The number of furan rings is 1. The van der Waals surface area contributed by atoms with Crippen LogP contribution >= 0.6 is 11.6 Å². The molecule has 2 nitrogen and oxygen atoms in total. The predicted molar refractivity (Wildman–Crippen MR) is 36.4 cm³/mol. The normalized spacial score (nSPS) is 15.9. The van der Waals surface area contributed by atoms with E-state index in [1.807, 2.05) is 0 Å². The molecule has 0 aromatic carbocycles. The molecule has 0 saturated carbocycles. The van der Waals surface area contributed by atoms with Gasteiger partial charge >= 0.3 is 0 Å². The summed E-state index contributed by atoms with van der Waals surface area (Å²) in [6.07, 6.45) is 1.36. The van der Waals surface area contributed by atoms with Gasteiger partial charge in [-0.1, -0.05) is 0 Å². The standard InChI is InChI=1S/C7H5ClO2/c8-6-3-4-1-2-5(9)7(4)10-6/h3H,1-2H2. The lowest BCUT2D eigenvalue weighted by atomic mass is 10.3. The van der Waals surface area contributed by atoms with E-state index in [0.29, 0.717) is 17.4 Å². The number of rotatable bonds is 0. The van der Waals surface area contributed by atoms with Crippen molar-refractivity contribution in [2.75, 3.05) is 0 Å². The monoisotopic (exact) mass is 156 g/mol. The third kappa shape index (κ3) is 0.688. The third-order valence-corrected chi connectivity index (χ3v) is 1.84. The van der Waals surface area contributed by atoms with Gasteiger partial charge in [-0.05, 0) is 24.1 Å². The predicted octanol–water partition coefficient (Wildman–Crippen LogP) is 2.06. The van der Waals surface area contributed by atoms with Crippen molar-refractivity contribution in [2.45, 2.75) is 12.8 Å². The molecule has 0 fully saturated rings. The number of hydrogen-bond donors (Lipinski definition) is 0. The fraction of sp³-hybridized carbons (Fsp3) is 0.286. The van der Waals surface area contributed by atoms with Crippen molar-refractivity contribution >= 4 is 17.4 Å². The van der Waals surface area contributed by atoms with E-state index in [1.165, 1.54) is 0 Å². The molecule has 1 aromatic rings. The van der Waals surface area contributed by atoms with Gasteiger partial charge in [-0.15, -0.1) is 0 Å². The van der Waals surface area contributed by atoms with Crippen LogP contribution in [0.15, 0.2) is 10.5 Å². The van der Waals surface area contributed by atoms with Gasteiger partial charge in [-0.3, -0.25) is 4.79 Å². The molecule has 0 amide bonds. The van der Waals surface area contributed by atoms with Gasteiger partial charge in [0.05, 0.1) is 0 Å². The summed E-state index contributed by atoms with van der Waals surface area (Å²) in [5.41, 5.74) is 0.954. The zero-order valence-corrected chi connectivity index (χ0v) is 5.94. The molecule has 0 N–H and O–H groups in total. The largest absolute Gasteiger partial charge is 0.441 e. The topological polar surface area (TPSA) is 30.2 Å². The number of carbonyl (C=O) groups excluding carboxylic acids is 1. The van der Waals surface area contributed by atoms with Gasteiger partial charge in [-0.2, -0.15) is 0 Å². The fourth-order valence-corrected chi connectivity index (χ4v) is 1.39. The summed E-state index contributed by atoms with van der Waals surface area (Å²) >= 11 is 5.52. The second-order valence-electron chi connectivity index (χ2n) is 2.33. The molecule has 1 heterocycles. The fourth-order valence-electron chi connectivity index (χ4n) is 1.18. The zero-order chi connectivity index (χ0) is 7.14. The first kappa shape index (κ1) is 5.98. The van der Waals surface area contributed by atoms with Gasteiger partial charge < -0.3 is 4.42 Å². The summed E-state index contributed by atoms with van der Waals surface area (Å²) in [6.45, 7) is 0. The third-order valence-electron chi connectivity index (χ3n) is 1.65. The first-order valence-corrected chi connectivity index (χ1v) is 3.46. The molecule has 2 rings (SSSR count). The van der Waals surface area contributed by atoms with E-state index in [0.717, 1.165) is 12.0 Å². The first-order valence-electron chi connectivity index (χ1n) is 3.09. The highest BCUT2D eigenvalue weighted by Crippen LogP contribution is 2.27. The van der Waals surface area contributed by atoms with Crippen LogP contribution in [-0.2, 0) is 6.42 Å². The minimum absolute atomic E-state index is 0.0712. The van der Waals surface area contributed by atoms with Crippen LogP contribution in [0, 0.1) is 0 Å². The van der Waals surface area contributed by atoms with Crippen molar-refractivity contribution in [2.24, 2.45) is 0 Å². The Balaban J connectivity index is 2.59. The number of aryl methyl sites for hydroxylation is 1. The van der Waals surface area contributed by atoms with Gasteiger partial charge in [0.15, 0.2) is 16.8 Å². The molecular formula is C7H5ClO2. The molecular weight excluding hydrogens is 152 g/mol. The smallest absolute Gasteiger partial charge is 0.198 e.